The van der Waals surface area contributed by atoms with Crippen molar-refractivity contribution in [2.45, 2.75) is 13.5 Å². The van der Waals surface area contributed by atoms with Crippen LogP contribution in [0.15, 0.2) is 24.3 Å². The summed E-state index contributed by atoms with van der Waals surface area (Å²) in [6.07, 6.45) is 0. The predicted molar refractivity (Wildman–Crippen MR) is 67.5 cm³/mol. The SMILES string of the molecule is Cc1nc(CNc2cccc(F)c2)sc1C(=O)O. The molecular weight excluding hydrogens is 255 g/mol. The number of aryl methyl sites for hydroxylation is 1. The van der Waals surface area contributed by atoms with Crippen LogP contribution in [-0.2, 0) is 6.54 Å². The zero-order valence-corrected chi connectivity index (χ0v) is 10.4. The molecule has 0 bridgehead atoms. The van der Waals surface area contributed by atoms with Crippen LogP contribution in [0, 0.1) is 12.7 Å². The molecule has 2 rings (SSSR count). The molecule has 94 valence electrons. The van der Waals surface area contributed by atoms with E-state index in [1.165, 1.54) is 12.1 Å². The van der Waals surface area contributed by atoms with Gasteiger partial charge in [-0.25, -0.2) is 14.2 Å². The molecule has 0 radical (unpaired) electrons. The molecule has 0 aliphatic rings. The Morgan fingerprint density at radius 3 is 2.94 bits per heavy atom. The van der Waals surface area contributed by atoms with Crippen molar-refractivity contribution >= 4 is 23.0 Å². The number of nitrogens with zero attached hydrogens (tertiary/aromatic N) is 1. The molecule has 1 heterocycles. The quantitative estimate of drug-likeness (QED) is 0.893. The summed E-state index contributed by atoms with van der Waals surface area (Å²) >= 11 is 1.12. The zero-order chi connectivity index (χ0) is 13.1. The normalized spacial score (nSPS) is 10.3. The maximum Gasteiger partial charge on any atom is 0.347 e. The highest BCUT2D eigenvalue weighted by Crippen LogP contribution is 2.19. The van der Waals surface area contributed by atoms with Crippen molar-refractivity contribution in [2.75, 3.05) is 5.32 Å². The lowest BCUT2D eigenvalue weighted by Crippen LogP contribution is -1.98. The third-order valence-corrected chi connectivity index (χ3v) is 3.45. The highest BCUT2D eigenvalue weighted by molar-refractivity contribution is 7.13. The van der Waals surface area contributed by atoms with E-state index in [1.807, 2.05) is 0 Å². The number of nitrogens with one attached hydrogen (secondary N) is 1. The fourth-order valence-corrected chi connectivity index (χ4v) is 2.35. The van der Waals surface area contributed by atoms with Gasteiger partial charge in [0.1, 0.15) is 15.7 Å². The summed E-state index contributed by atoms with van der Waals surface area (Å²) in [6.45, 7) is 2.04. The van der Waals surface area contributed by atoms with Crippen LogP contribution in [0.4, 0.5) is 10.1 Å². The van der Waals surface area contributed by atoms with Crippen molar-refractivity contribution in [1.29, 1.82) is 0 Å². The fraction of sp³-hybridized carbons (Fsp3) is 0.167. The van der Waals surface area contributed by atoms with E-state index in [0.29, 0.717) is 22.9 Å². The molecule has 6 heteroatoms. The summed E-state index contributed by atoms with van der Waals surface area (Å²) < 4.78 is 12.9. The summed E-state index contributed by atoms with van der Waals surface area (Å²) in [5, 5.41) is 12.6. The number of carbonyl (C=O) groups is 1. The molecule has 2 N–H and O–H groups in total. The van der Waals surface area contributed by atoms with E-state index < -0.39 is 5.97 Å². The average Bonchev–Trinajstić information content (AvgIpc) is 2.68. The minimum atomic E-state index is -0.970. The van der Waals surface area contributed by atoms with Gasteiger partial charge in [-0.1, -0.05) is 6.07 Å². The second-order valence-corrected chi connectivity index (χ2v) is 4.77. The van der Waals surface area contributed by atoms with Crippen LogP contribution in [0.5, 0.6) is 0 Å². The van der Waals surface area contributed by atoms with Crippen molar-refractivity contribution in [3.8, 4) is 0 Å². The van der Waals surface area contributed by atoms with Gasteiger partial charge in [-0.2, -0.15) is 0 Å². The fourth-order valence-electron chi connectivity index (χ4n) is 1.50. The Hall–Kier alpha value is -1.95. The lowest BCUT2D eigenvalue weighted by molar-refractivity contribution is 0.0701. The Labute approximate surface area is 107 Å². The standard InChI is InChI=1S/C12H11FN2O2S/c1-7-11(12(16)17)18-10(15-7)6-14-9-4-2-3-8(13)5-9/h2-5,14H,6H2,1H3,(H,16,17). The summed E-state index contributed by atoms with van der Waals surface area (Å²) in [4.78, 5) is 15.2. The van der Waals surface area contributed by atoms with Crippen LogP contribution < -0.4 is 5.32 Å². The Morgan fingerprint density at radius 2 is 2.33 bits per heavy atom. The minimum Gasteiger partial charge on any atom is -0.477 e. The summed E-state index contributed by atoms with van der Waals surface area (Å²) in [7, 11) is 0. The Balaban J connectivity index is 2.06. The molecule has 0 saturated heterocycles. The third-order valence-electron chi connectivity index (χ3n) is 2.30. The van der Waals surface area contributed by atoms with E-state index in [0.717, 1.165) is 11.3 Å². The van der Waals surface area contributed by atoms with Crippen molar-refractivity contribution in [3.05, 3.63) is 45.7 Å². The van der Waals surface area contributed by atoms with Crippen molar-refractivity contribution in [2.24, 2.45) is 0 Å². The van der Waals surface area contributed by atoms with E-state index in [-0.39, 0.29) is 10.7 Å². The number of benzene rings is 1. The van der Waals surface area contributed by atoms with E-state index in [1.54, 1.807) is 19.1 Å². The second kappa shape index (κ2) is 5.14. The maximum absolute atomic E-state index is 12.9. The molecule has 1 aromatic carbocycles. The van der Waals surface area contributed by atoms with Crippen LogP contribution in [0.3, 0.4) is 0 Å². The van der Waals surface area contributed by atoms with E-state index in [2.05, 4.69) is 10.3 Å². The first kappa shape index (κ1) is 12.5. The van der Waals surface area contributed by atoms with Crippen molar-refractivity contribution in [1.82, 2.24) is 4.98 Å². The topological polar surface area (TPSA) is 62.2 Å². The number of carboxylic acids is 1. The monoisotopic (exact) mass is 266 g/mol. The molecule has 0 fully saturated rings. The number of rotatable bonds is 4. The van der Waals surface area contributed by atoms with Gasteiger partial charge in [0, 0.05) is 5.69 Å². The first-order valence-electron chi connectivity index (χ1n) is 5.25. The van der Waals surface area contributed by atoms with Gasteiger partial charge in [-0.15, -0.1) is 11.3 Å². The molecule has 4 nitrogen and oxygen atoms in total. The largest absolute Gasteiger partial charge is 0.477 e. The van der Waals surface area contributed by atoms with Gasteiger partial charge in [-0.05, 0) is 25.1 Å². The van der Waals surface area contributed by atoms with Crippen LogP contribution in [0.25, 0.3) is 0 Å². The smallest absolute Gasteiger partial charge is 0.347 e. The average molecular weight is 266 g/mol. The van der Waals surface area contributed by atoms with Crippen LogP contribution >= 0.6 is 11.3 Å². The number of aromatic carboxylic acids is 1. The predicted octanol–water partition coefficient (Wildman–Crippen LogP) is 2.90. The molecule has 0 unspecified atom stereocenters. The van der Waals surface area contributed by atoms with Crippen molar-refractivity contribution < 1.29 is 14.3 Å². The molecule has 0 atom stereocenters. The molecule has 2 aromatic rings. The molecule has 18 heavy (non-hydrogen) atoms. The van der Waals surface area contributed by atoms with Gasteiger partial charge in [0.25, 0.3) is 0 Å². The van der Waals surface area contributed by atoms with Gasteiger partial charge in [0.15, 0.2) is 0 Å². The number of thiazole rings is 1. The van der Waals surface area contributed by atoms with Crippen molar-refractivity contribution in [3.63, 3.8) is 0 Å². The third kappa shape index (κ3) is 2.84. The molecule has 0 aliphatic heterocycles. The molecule has 0 amide bonds. The number of anilines is 1. The summed E-state index contributed by atoms with van der Waals surface area (Å²) in [6, 6.07) is 6.08. The van der Waals surface area contributed by atoms with Crippen LogP contribution in [0.2, 0.25) is 0 Å². The van der Waals surface area contributed by atoms with Gasteiger partial charge in [0.05, 0.1) is 12.2 Å². The van der Waals surface area contributed by atoms with Gasteiger partial charge < -0.3 is 10.4 Å². The second-order valence-electron chi connectivity index (χ2n) is 3.69. The molecule has 0 spiro atoms. The maximum atomic E-state index is 12.9. The molecular formula is C12H11FN2O2S. The molecule has 1 aromatic heterocycles. The first-order chi connectivity index (χ1) is 8.56. The lowest BCUT2D eigenvalue weighted by Gasteiger charge is -2.03. The lowest BCUT2D eigenvalue weighted by atomic mass is 10.3. The minimum absolute atomic E-state index is 0.242. The van der Waals surface area contributed by atoms with Gasteiger partial charge >= 0.3 is 5.97 Å². The number of aromatic nitrogens is 1. The van der Waals surface area contributed by atoms with Gasteiger partial charge in [-0.3, -0.25) is 0 Å². The number of hydrogen-bond donors (Lipinski definition) is 2. The summed E-state index contributed by atoms with van der Waals surface area (Å²) in [5.74, 6) is -1.29. The highest BCUT2D eigenvalue weighted by atomic mass is 32.1. The van der Waals surface area contributed by atoms with E-state index in [9.17, 15) is 9.18 Å². The molecule has 0 aliphatic carbocycles. The Morgan fingerprint density at radius 1 is 1.56 bits per heavy atom. The number of carboxylic acid groups (broad SMARTS) is 1. The van der Waals surface area contributed by atoms with Crippen LogP contribution in [0.1, 0.15) is 20.4 Å². The van der Waals surface area contributed by atoms with E-state index in [4.69, 9.17) is 5.11 Å². The van der Waals surface area contributed by atoms with E-state index >= 15 is 0 Å². The number of hydrogen-bond acceptors (Lipinski definition) is 4. The highest BCUT2D eigenvalue weighted by Gasteiger charge is 2.13. The number of halogens is 1. The van der Waals surface area contributed by atoms with Crippen LogP contribution in [-0.4, -0.2) is 16.1 Å². The Kier molecular flexibility index (Phi) is 3.57. The van der Waals surface area contributed by atoms with Gasteiger partial charge in [0.2, 0.25) is 0 Å². The first-order valence-corrected chi connectivity index (χ1v) is 6.07. The summed E-state index contributed by atoms with van der Waals surface area (Å²) in [5.41, 5.74) is 1.14. The Bertz CT molecular complexity index is 583. The molecule has 0 saturated carbocycles. The zero-order valence-electron chi connectivity index (χ0n) is 9.61.